The maximum Gasteiger partial charge on any atom is 0.147 e. The molecule has 3 heteroatoms. The van der Waals surface area contributed by atoms with Crippen LogP contribution < -0.4 is 5.32 Å². The number of aromatic amines is 1. The lowest BCUT2D eigenvalue weighted by Gasteiger charge is -2.23. The molecule has 2 N–H and O–H groups in total. The zero-order valence-electron chi connectivity index (χ0n) is 9.80. The Balaban J connectivity index is 1.87. The lowest BCUT2D eigenvalue weighted by atomic mass is 9.97. The number of H-pyrrole nitrogens is 1. The van der Waals surface area contributed by atoms with Gasteiger partial charge in [0.1, 0.15) is 5.82 Å². The van der Waals surface area contributed by atoms with E-state index in [-0.39, 0.29) is 5.82 Å². The van der Waals surface area contributed by atoms with Crippen LogP contribution in [0.3, 0.4) is 0 Å². The molecule has 2 nitrogen and oxygen atoms in total. The summed E-state index contributed by atoms with van der Waals surface area (Å²) in [5.41, 5.74) is 1.86. The van der Waals surface area contributed by atoms with Crippen LogP contribution in [-0.4, -0.2) is 17.6 Å². The maximum atomic E-state index is 13.5. The van der Waals surface area contributed by atoms with Crippen molar-refractivity contribution in [3.63, 3.8) is 0 Å². The molecular formula is C14H17FN2. The minimum Gasteiger partial charge on any atom is -0.359 e. The number of piperidine rings is 1. The van der Waals surface area contributed by atoms with Gasteiger partial charge in [0.15, 0.2) is 0 Å². The van der Waals surface area contributed by atoms with E-state index in [1.807, 2.05) is 12.3 Å². The first-order chi connectivity index (χ1) is 8.34. The molecule has 1 saturated heterocycles. The summed E-state index contributed by atoms with van der Waals surface area (Å²) in [6, 6.07) is 5.82. The van der Waals surface area contributed by atoms with Crippen molar-refractivity contribution in [1.29, 1.82) is 0 Å². The Hall–Kier alpha value is -1.35. The van der Waals surface area contributed by atoms with Crippen molar-refractivity contribution in [2.45, 2.75) is 31.7 Å². The third kappa shape index (κ3) is 2.07. The van der Waals surface area contributed by atoms with Gasteiger partial charge in [0, 0.05) is 17.6 Å². The SMILES string of the molecule is Fc1cccc2c(CC3CCCCN3)c[nH]c12. The quantitative estimate of drug-likeness (QED) is 0.818. The highest BCUT2D eigenvalue weighted by Gasteiger charge is 2.15. The van der Waals surface area contributed by atoms with Crippen LogP contribution in [0.2, 0.25) is 0 Å². The van der Waals surface area contributed by atoms with Crippen LogP contribution in [0.15, 0.2) is 24.4 Å². The van der Waals surface area contributed by atoms with E-state index < -0.39 is 0 Å². The van der Waals surface area contributed by atoms with E-state index in [4.69, 9.17) is 0 Å². The number of benzene rings is 1. The second-order valence-corrected chi connectivity index (χ2v) is 4.83. The lowest BCUT2D eigenvalue weighted by molar-refractivity contribution is 0.400. The van der Waals surface area contributed by atoms with Crippen LogP contribution in [0, 0.1) is 5.82 Å². The van der Waals surface area contributed by atoms with Gasteiger partial charge in [-0.25, -0.2) is 4.39 Å². The van der Waals surface area contributed by atoms with E-state index in [2.05, 4.69) is 10.3 Å². The highest BCUT2D eigenvalue weighted by molar-refractivity contribution is 5.83. The van der Waals surface area contributed by atoms with Crippen molar-refractivity contribution < 1.29 is 4.39 Å². The Bertz CT molecular complexity index is 512. The number of halogens is 1. The summed E-state index contributed by atoms with van der Waals surface area (Å²) in [6.45, 7) is 1.11. The normalized spacial score (nSPS) is 20.9. The molecular weight excluding hydrogens is 215 g/mol. The van der Waals surface area contributed by atoms with E-state index in [0.29, 0.717) is 11.6 Å². The fourth-order valence-corrected chi connectivity index (χ4v) is 2.71. The van der Waals surface area contributed by atoms with Crippen LogP contribution in [0.25, 0.3) is 10.9 Å². The average molecular weight is 232 g/mol. The van der Waals surface area contributed by atoms with Gasteiger partial charge in [0.05, 0.1) is 5.52 Å². The van der Waals surface area contributed by atoms with E-state index in [1.165, 1.54) is 30.9 Å². The average Bonchev–Trinajstić information content (AvgIpc) is 2.76. The predicted molar refractivity (Wildman–Crippen MR) is 67.6 cm³/mol. The molecule has 2 heterocycles. The molecule has 1 atom stereocenters. The molecule has 90 valence electrons. The Morgan fingerprint density at radius 1 is 1.29 bits per heavy atom. The summed E-state index contributed by atoms with van der Waals surface area (Å²) < 4.78 is 13.5. The molecule has 1 aliphatic heterocycles. The predicted octanol–water partition coefficient (Wildman–Crippen LogP) is 2.99. The third-order valence-electron chi connectivity index (χ3n) is 3.63. The second-order valence-electron chi connectivity index (χ2n) is 4.83. The molecule has 0 aliphatic carbocycles. The van der Waals surface area contributed by atoms with Crippen molar-refractivity contribution in [1.82, 2.24) is 10.3 Å². The van der Waals surface area contributed by atoms with Crippen LogP contribution >= 0.6 is 0 Å². The highest BCUT2D eigenvalue weighted by atomic mass is 19.1. The number of rotatable bonds is 2. The Labute approximate surface area is 100 Å². The summed E-state index contributed by atoms with van der Waals surface area (Å²) in [4.78, 5) is 3.04. The second kappa shape index (κ2) is 4.49. The molecule has 1 aromatic carbocycles. The smallest absolute Gasteiger partial charge is 0.147 e. The van der Waals surface area contributed by atoms with Gasteiger partial charge in [-0.05, 0) is 37.4 Å². The summed E-state index contributed by atoms with van der Waals surface area (Å²) in [6.07, 6.45) is 6.74. The van der Waals surface area contributed by atoms with Crippen molar-refractivity contribution in [2.75, 3.05) is 6.54 Å². The molecule has 0 radical (unpaired) electrons. The third-order valence-corrected chi connectivity index (χ3v) is 3.63. The summed E-state index contributed by atoms with van der Waals surface area (Å²) in [5.74, 6) is -0.162. The van der Waals surface area contributed by atoms with Gasteiger partial charge in [-0.15, -0.1) is 0 Å². The standard InChI is InChI=1S/C14H17FN2/c15-13-6-3-5-12-10(9-17-14(12)13)8-11-4-1-2-7-16-11/h3,5-6,9,11,16-17H,1-2,4,7-8H2. The molecule has 17 heavy (non-hydrogen) atoms. The number of fused-ring (bicyclic) bond motifs is 1. The molecule has 1 aromatic heterocycles. The van der Waals surface area contributed by atoms with Crippen LogP contribution in [0.1, 0.15) is 24.8 Å². The van der Waals surface area contributed by atoms with E-state index in [0.717, 1.165) is 18.4 Å². The first-order valence-corrected chi connectivity index (χ1v) is 6.32. The molecule has 1 fully saturated rings. The molecule has 0 spiro atoms. The Morgan fingerprint density at radius 3 is 3.06 bits per heavy atom. The summed E-state index contributed by atoms with van der Waals surface area (Å²) in [7, 11) is 0. The van der Waals surface area contributed by atoms with Gasteiger partial charge >= 0.3 is 0 Å². The van der Waals surface area contributed by atoms with Crippen LogP contribution in [-0.2, 0) is 6.42 Å². The van der Waals surface area contributed by atoms with Crippen molar-refractivity contribution in [2.24, 2.45) is 0 Å². The fraction of sp³-hybridized carbons (Fsp3) is 0.429. The Morgan fingerprint density at radius 2 is 2.24 bits per heavy atom. The lowest BCUT2D eigenvalue weighted by Crippen LogP contribution is -2.35. The molecule has 3 rings (SSSR count). The van der Waals surface area contributed by atoms with Gasteiger partial charge < -0.3 is 10.3 Å². The summed E-state index contributed by atoms with van der Waals surface area (Å²) in [5, 5.41) is 4.55. The summed E-state index contributed by atoms with van der Waals surface area (Å²) >= 11 is 0. The number of hydrogen-bond donors (Lipinski definition) is 2. The first kappa shape index (κ1) is 10.8. The molecule has 2 aromatic rings. The molecule has 1 aliphatic rings. The topological polar surface area (TPSA) is 27.8 Å². The number of hydrogen-bond acceptors (Lipinski definition) is 1. The van der Waals surface area contributed by atoms with Crippen LogP contribution in [0.4, 0.5) is 4.39 Å². The number of para-hydroxylation sites is 1. The van der Waals surface area contributed by atoms with Gasteiger partial charge in [0.25, 0.3) is 0 Å². The zero-order chi connectivity index (χ0) is 11.7. The fourth-order valence-electron chi connectivity index (χ4n) is 2.71. The minimum absolute atomic E-state index is 0.162. The van der Waals surface area contributed by atoms with E-state index in [1.54, 1.807) is 6.07 Å². The van der Waals surface area contributed by atoms with Crippen molar-refractivity contribution in [3.05, 3.63) is 35.8 Å². The molecule has 1 unspecified atom stereocenters. The minimum atomic E-state index is -0.162. The van der Waals surface area contributed by atoms with Crippen LogP contribution in [0.5, 0.6) is 0 Å². The van der Waals surface area contributed by atoms with Crippen molar-refractivity contribution in [3.8, 4) is 0 Å². The van der Waals surface area contributed by atoms with Gasteiger partial charge in [-0.2, -0.15) is 0 Å². The van der Waals surface area contributed by atoms with Crippen molar-refractivity contribution >= 4 is 10.9 Å². The monoisotopic (exact) mass is 232 g/mol. The molecule has 0 bridgehead atoms. The number of nitrogens with one attached hydrogen (secondary N) is 2. The first-order valence-electron chi connectivity index (χ1n) is 6.32. The van der Waals surface area contributed by atoms with Gasteiger partial charge in [0.2, 0.25) is 0 Å². The van der Waals surface area contributed by atoms with E-state index >= 15 is 0 Å². The molecule has 0 amide bonds. The largest absolute Gasteiger partial charge is 0.359 e. The maximum absolute atomic E-state index is 13.5. The van der Waals surface area contributed by atoms with E-state index in [9.17, 15) is 4.39 Å². The number of aromatic nitrogens is 1. The zero-order valence-corrected chi connectivity index (χ0v) is 9.80. The molecule has 0 saturated carbocycles. The van der Waals surface area contributed by atoms with Gasteiger partial charge in [-0.3, -0.25) is 0 Å². The Kier molecular flexibility index (Phi) is 2.85. The van der Waals surface area contributed by atoms with Gasteiger partial charge in [-0.1, -0.05) is 18.6 Å². The highest BCUT2D eigenvalue weighted by Crippen LogP contribution is 2.23.